The minimum absolute atomic E-state index is 0.299. The number of hydrogen-bond acceptors (Lipinski definition) is 5. The van der Waals surface area contributed by atoms with Gasteiger partial charge in [-0.15, -0.1) is 11.8 Å². The first-order valence-corrected chi connectivity index (χ1v) is 12.9. The summed E-state index contributed by atoms with van der Waals surface area (Å²) in [5, 5.41) is 7.36. The van der Waals surface area contributed by atoms with E-state index in [9.17, 15) is 9.59 Å². The maximum absolute atomic E-state index is 12.7. The first kappa shape index (κ1) is 25.9. The highest BCUT2D eigenvalue weighted by Crippen LogP contribution is 2.38. The van der Waals surface area contributed by atoms with Crippen LogP contribution in [-0.4, -0.2) is 35.1 Å². The number of hydrogen-bond donors (Lipinski definition) is 4. The van der Waals surface area contributed by atoms with E-state index in [1.807, 2.05) is 50.4 Å². The van der Waals surface area contributed by atoms with Gasteiger partial charge in [0.05, 0.1) is 11.1 Å². The lowest BCUT2D eigenvalue weighted by atomic mass is 9.94. The Labute approximate surface area is 220 Å². The number of carbonyl (C=O) groups excluding carboxylic acids is 2. The third kappa shape index (κ3) is 5.21. The fourth-order valence-corrected chi connectivity index (χ4v) is 4.87. The number of primary amides is 1. The summed E-state index contributed by atoms with van der Waals surface area (Å²) in [6.45, 7) is 6.24. The standard InChI is InChI=1S/C29H29N5O2S/c1-5-32-29(37-4)28(36)34-24-12-8-11-19(17(24)2)21-13-14-22(27(30)35)26-23(21)15-25(33-26)20-10-7-6-9-18(20)16-31-3/h5-15,31,33H,1,16H2,2-4H3,(H2,30,35)(H,34,36). The molecule has 4 rings (SSSR count). The smallest absolute Gasteiger partial charge is 0.280 e. The van der Waals surface area contributed by atoms with Crippen molar-refractivity contribution in [3.8, 4) is 22.4 Å². The number of benzene rings is 3. The van der Waals surface area contributed by atoms with Crippen molar-refractivity contribution in [3.63, 3.8) is 0 Å². The van der Waals surface area contributed by atoms with Gasteiger partial charge in [-0.3, -0.25) is 9.59 Å². The average molecular weight is 512 g/mol. The Bertz CT molecular complexity index is 1540. The highest BCUT2D eigenvalue weighted by atomic mass is 32.2. The number of H-pyrrole nitrogens is 1. The van der Waals surface area contributed by atoms with Crippen molar-refractivity contribution in [2.45, 2.75) is 13.5 Å². The van der Waals surface area contributed by atoms with E-state index in [0.29, 0.717) is 28.4 Å². The molecule has 0 aliphatic rings. The van der Waals surface area contributed by atoms with Crippen molar-refractivity contribution >= 4 is 45.2 Å². The largest absolute Gasteiger partial charge is 0.366 e. The summed E-state index contributed by atoms with van der Waals surface area (Å²) in [7, 11) is 1.91. The molecular formula is C29H29N5O2S. The fraction of sp³-hybridized carbons (Fsp3) is 0.138. The van der Waals surface area contributed by atoms with E-state index < -0.39 is 5.91 Å². The van der Waals surface area contributed by atoms with Crippen molar-refractivity contribution in [1.82, 2.24) is 10.3 Å². The van der Waals surface area contributed by atoms with Gasteiger partial charge in [-0.1, -0.05) is 49.0 Å². The Morgan fingerprint density at radius 2 is 1.84 bits per heavy atom. The van der Waals surface area contributed by atoms with Crippen molar-refractivity contribution < 1.29 is 9.59 Å². The van der Waals surface area contributed by atoms with Crippen LogP contribution in [0.4, 0.5) is 5.69 Å². The van der Waals surface area contributed by atoms with Crippen LogP contribution in [0.25, 0.3) is 33.3 Å². The minimum Gasteiger partial charge on any atom is -0.366 e. The number of rotatable bonds is 7. The molecule has 188 valence electrons. The van der Waals surface area contributed by atoms with E-state index in [-0.39, 0.29) is 5.91 Å². The van der Waals surface area contributed by atoms with Crippen LogP contribution in [0.3, 0.4) is 0 Å². The number of aliphatic imine (C=N–C) groups is 1. The monoisotopic (exact) mass is 511 g/mol. The topological polar surface area (TPSA) is 112 Å². The van der Waals surface area contributed by atoms with E-state index in [1.54, 1.807) is 12.3 Å². The van der Waals surface area contributed by atoms with Crippen molar-refractivity contribution in [2.75, 3.05) is 18.6 Å². The number of anilines is 1. The summed E-state index contributed by atoms with van der Waals surface area (Å²) in [5.41, 5.74) is 13.3. The maximum Gasteiger partial charge on any atom is 0.280 e. The van der Waals surface area contributed by atoms with E-state index in [4.69, 9.17) is 5.73 Å². The highest BCUT2D eigenvalue weighted by molar-refractivity contribution is 8.15. The molecule has 0 aliphatic carbocycles. The number of nitrogens with zero attached hydrogens (tertiary/aromatic N) is 1. The normalized spacial score (nSPS) is 11.5. The number of thioether (sulfide) groups is 1. The molecule has 0 atom stereocenters. The quantitative estimate of drug-likeness (QED) is 0.195. The van der Waals surface area contributed by atoms with Crippen LogP contribution >= 0.6 is 11.8 Å². The van der Waals surface area contributed by atoms with E-state index in [0.717, 1.165) is 38.9 Å². The van der Waals surface area contributed by atoms with Crippen LogP contribution in [-0.2, 0) is 11.3 Å². The third-order valence-electron chi connectivity index (χ3n) is 6.20. The predicted octanol–water partition coefficient (Wildman–Crippen LogP) is 5.47. The second kappa shape index (κ2) is 11.3. The van der Waals surface area contributed by atoms with Gasteiger partial charge in [-0.25, -0.2) is 4.99 Å². The second-order valence-electron chi connectivity index (χ2n) is 8.44. The molecule has 37 heavy (non-hydrogen) atoms. The van der Waals surface area contributed by atoms with Gasteiger partial charge in [0.2, 0.25) is 0 Å². The first-order valence-electron chi connectivity index (χ1n) is 11.7. The van der Waals surface area contributed by atoms with Crippen LogP contribution in [0.2, 0.25) is 0 Å². The fourth-order valence-electron chi connectivity index (χ4n) is 4.46. The summed E-state index contributed by atoms with van der Waals surface area (Å²) < 4.78 is 0. The number of nitrogens with two attached hydrogens (primary N) is 1. The summed E-state index contributed by atoms with van der Waals surface area (Å²) >= 11 is 1.25. The number of aromatic nitrogens is 1. The molecular weight excluding hydrogens is 482 g/mol. The Morgan fingerprint density at radius 1 is 1.08 bits per heavy atom. The third-order valence-corrected chi connectivity index (χ3v) is 6.88. The van der Waals surface area contributed by atoms with Gasteiger partial charge in [0.25, 0.3) is 11.8 Å². The Hall–Kier alpha value is -4.14. The Kier molecular flexibility index (Phi) is 7.91. The van der Waals surface area contributed by atoms with Crippen LogP contribution in [0.5, 0.6) is 0 Å². The summed E-state index contributed by atoms with van der Waals surface area (Å²) in [5.74, 6) is -0.802. The lowest BCUT2D eigenvalue weighted by Gasteiger charge is -2.14. The summed E-state index contributed by atoms with van der Waals surface area (Å²) in [6.07, 6.45) is 3.14. The number of fused-ring (bicyclic) bond motifs is 1. The number of aromatic amines is 1. The zero-order valence-corrected chi connectivity index (χ0v) is 21.8. The van der Waals surface area contributed by atoms with Crippen LogP contribution in [0, 0.1) is 6.92 Å². The molecule has 0 saturated carbocycles. The van der Waals surface area contributed by atoms with Gasteiger partial charge < -0.3 is 21.4 Å². The van der Waals surface area contributed by atoms with E-state index in [1.165, 1.54) is 18.0 Å². The maximum atomic E-state index is 12.7. The lowest BCUT2D eigenvalue weighted by molar-refractivity contribution is -0.110. The summed E-state index contributed by atoms with van der Waals surface area (Å²) in [4.78, 5) is 32.5. The molecule has 0 bridgehead atoms. The van der Waals surface area contributed by atoms with Crippen molar-refractivity contribution in [3.05, 3.63) is 90.1 Å². The van der Waals surface area contributed by atoms with E-state index in [2.05, 4.69) is 45.4 Å². The second-order valence-corrected chi connectivity index (χ2v) is 9.23. The van der Waals surface area contributed by atoms with Gasteiger partial charge >= 0.3 is 0 Å². The van der Waals surface area contributed by atoms with Crippen LogP contribution in [0.15, 0.2) is 78.4 Å². The van der Waals surface area contributed by atoms with Gasteiger partial charge in [0.1, 0.15) is 0 Å². The molecule has 1 aromatic heterocycles. The van der Waals surface area contributed by atoms with Gasteiger partial charge in [-0.2, -0.15) is 0 Å². The van der Waals surface area contributed by atoms with Crippen LogP contribution < -0.4 is 16.4 Å². The number of nitrogens with one attached hydrogen (secondary N) is 3. The van der Waals surface area contributed by atoms with Crippen LogP contribution in [0.1, 0.15) is 21.5 Å². The average Bonchev–Trinajstić information content (AvgIpc) is 3.33. The molecule has 0 saturated heterocycles. The molecule has 8 heteroatoms. The van der Waals surface area contributed by atoms with E-state index >= 15 is 0 Å². The minimum atomic E-state index is -0.503. The Morgan fingerprint density at radius 3 is 2.54 bits per heavy atom. The van der Waals surface area contributed by atoms with Crippen molar-refractivity contribution in [1.29, 1.82) is 0 Å². The predicted molar refractivity (Wildman–Crippen MR) is 155 cm³/mol. The lowest BCUT2D eigenvalue weighted by Crippen LogP contribution is -2.20. The van der Waals surface area contributed by atoms with Gasteiger partial charge in [0.15, 0.2) is 5.04 Å². The molecule has 0 spiro atoms. The van der Waals surface area contributed by atoms with Gasteiger partial charge in [-0.05, 0) is 60.7 Å². The number of carbonyl (C=O) groups is 2. The highest BCUT2D eigenvalue weighted by Gasteiger charge is 2.19. The molecule has 7 nitrogen and oxygen atoms in total. The molecule has 5 N–H and O–H groups in total. The number of amides is 2. The molecule has 0 unspecified atom stereocenters. The summed E-state index contributed by atoms with van der Waals surface area (Å²) in [6, 6.07) is 19.6. The van der Waals surface area contributed by atoms with Crippen molar-refractivity contribution in [2.24, 2.45) is 10.7 Å². The molecule has 1 heterocycles. The zero-order valence-electron chi connectivity index (χ0n) is 21.0. The first-order chi connectivity index (χ1) is 17.9. The molecule has 0 aliphatic heterocycles. The SMILES string of the molecule is C=CN=C(SC)C(=O)Nc1cccc(-c2ccc(C(N)=O)c3[nH]c(-c4ccccc4CNC)cc23)c1C. The Balaban J connectivity index is 1.87. The molecule has 4 aromatic rings. The molecule has 0 fully saturated rings. The molecule has 3 aromatic carbocycles. The zero-order chi connectivity index (χ0) is 26.5. The molecule has 2 amide bonds. The molecule has 0 radical (unpaired) electrons. The van der Waals surface area contributed by atoms with Gasteiger partial charge in [0, 0.05) is 35.1 Å².